The van der Waals surface area contributed by atoms with Crippen molar-refractivity contribution in [1.82, 2.24) is 0 Å². The normalized spacial score (nSPS) is 31.2. The van der Waals surface area contributed by atoms with Gasteiger partial charge in [-0.1, -0.05) is 19.3 Å². The highest BCUT2D eigenvalue weighted by Crippen LogP contribution is 2.44. The van der Waals surface area contributed by atoms with Gasteiger partial charge in [0.25, 0.3) is 0 Å². The lowest BCUT2D eigenvalue weighted by Gasteiger charge is -2.19. The van der Waals surface area contributed by atoms with E-state index in [2.05, 4.69) is 0 Å². The van der Waals surface area contributed by atoms with Gasteiger partial charge in [0, 0.05) is 6.61 Å². The Morgan fingerprint density at radius 1 is 0.800 bits per heavy atom. The predicted molar refractivity (Wildman–Crippen MR) is 41.0 cm³/mol. The number of hydrogen-bond acceptors (Lipinski definition) is 1. The average molecular weight is 140 g/mol. The lowest BCUT2D eigenvalue weighted by Crippen LogP contribution is -2.16. The molecule has 58 valence electrons. The molecule has 1 heteroatoms. The Morgan fingerprint density at radius 3 is 2.40 bits per heavy atom. The van der Waals surface area contributed by atoms with Gasteiger partial charge in [0.1, 0.15) is 0 Å². The molecule has 0 unspecified atom stereocenters. The van der Waals surface area contributed by atoms with Crippen molar-refractivity contribution in [1.29, 1.82) is 0 Å². The molecule has 0 bridgehead atoms. The maximum atomic E-state index is 5.78. The van der Waals surface area contributed by atoms with Crippen LogP contribution in [0.5, 0.6) is 0 Å². The lowest BCUT2D eigenvalue weighted by molar-refractivity contribution is 0.0154. The van der Waals surface area contributed by atoms with Crippen molar-refractivity contribution in [3.8, 4) is 0 Å². The molecule has 0 atom stereocenters. The molecule has 2 rings (SSSR count). The van der Waals surface area contributed by atoms with Gasteiger partial charge >= 0.3 is 0 Å². The van der Waals surface area contributed by atoms with E-state index in [4.69, 9.17) is 4.74 Å². The minimum Gasteiger partial charge on any atom is -0.375 e. The van der Waals surface area contributed by atoms with E-state index in [0.29, 0.717) is 5.60 Å². The van der Waals surface area contributed by atoms with Crippen LogP contribution in [0.25, 0.3) is 0 Å². The Morgan fingerprint density at radius 2 is 1.60 bits per heavy atom. The second-order valence-electron chi connectivity index (χ2n) is 3.70. The van der Waals surface area contributed by atoms with E-state index in [0.717, 1.165) is 6.61 Å². The molecule has 10 heavy (non-hydrogen) atoms. The first-order valence-corrected chi connectivity index (χ1v) is 4.55. The predicted octanol–water partition coefficient (Wildman–Crippen LogP) is 2.50. The summed E-state index contributed by atoms with van der Waals surface area (Å²) in [5.41, 5.74) is 0.403. The topological polar surface area (TPSA) is 9.23 Å². The Hall–Kier alpha value is -0.0400. The first-order valence-electron chi connectivity index (χ1n) is 4.55. The minimum absolute atomic E-state index is 0.403. The van der Waals surface area contributed by atoms with Crippen molar-refractivity contribution in [3.05, 3.63) is 0 Å². The van der Waals surface area contributed by atoms with Crippen LogP contribution in [0.1, 0.15) is 44.9 Å². The monoisotopic (exact) mass is 140 g/mol. The molecule has 1 saturated carbocycles. The first-order chi connectivity index (χ1) is 4.91. The quantitative estimate of drug-likeness (QED) is 0.502. The highest BCUT2D eigenvalue weighted by atomic mass is 16.5. The van der Waals surface area contributed by atoms with E-state index in [1.807, 2.05) is 0 Å². The van der Waals surface area contributed by atoms with Crippen molar-refractivity contribution in [2.45, 2.75) is 50.5 Å². The third kappa shape index (κ3) is 1.34. The highest BCUT2D eigenvalue weighted by molar-refractivity contribution is 4.95. The summed E-state index contributed by atoms with van der Waals surface area (Å²) in [5, 5.41) is 0. The van der Waals surface area contributed by atoms with Gasteiger partial charge in [-0.05, 0) is 25.7 Å². The molecular formula is C9H16O. The average Bonchev–Trinajstić information content (AvgIpc) is 2.61. The van der Waals surface area contributed by atoms with E-state index in [1.54, 1.807) is 0 Å². The molecule has 1 nitrogen and oxygen atoms in total. The Bertz CT molecular complexity index is 106. The lowest BCUT2D eigenvalue weighted by atomic mass is 10.1. The molecule has 1 heterocycles. The van der Waals surface area contributed by atoms with E-state index in [1.165, 1.54) is 44.9 Å². The minimum atomic E-state index is 0.403. The van der Waals surface area contributed by atoms with Crippen molar-refractivity contribution >= 4 is 0 Å². The van der Waals surface area contributed by atoms with Gasteiger partial charge in [-0.15, -0.1) is 0 Å². The fraction of sp³-hybridized carbons (Fsp3) is 1.00. The second-order valence-corrected chi connectivity index (χ2v) is 3.70. The van der Waals surface area contributed by atoms with Crippen LogP contribution in [0.2, 0.25) is 0 Å². The van der Waals surface area contributed by atoms with Crippen LogP contribution in [0.3, 0.4) is 0 Å². The Kier molecular flexibility index (Phi) is 1.69. The zero-order valence-electron chi connectivity index (χ0n) is 6.57. The molecule has 1 saturated heterocycles. The summed E-state index contributed by atoms with van der Waals surface area (Å²) < 4.78 is 5.78. The van der Waals surface area contributed by atoms with Gasteiger partial charge in [-0.3, -0.25) is 0 Å². The molecule has 0 N–H and O–H groups in total. The summed E-state index contributed by atoms with van der Waals surface area (Å²) in [6, 6.07) is 0. The molecule has 2 aliphatic rings. The van der Waals surface area contributed by atoms with Crippen LogP contribution in [0, 0.1) is 0 Å². The molecule has 0 aromatic rings. The van der Waals surface area contributed by atoms with Crippen LogP contribution in [-0.4, -0.2) is 12.2 Å². The summed E-state index contributed by atoms with van der Waals surface area (Å²) in [7, 11) is 0. The summed E-state index contributed by atoms with van der Waals surface area (Å²) >= 11 is 0. The van der Waals surface area contributed by atoms with Gasteiger partial charge < -0.3 is 4.74 Å². The van der Waals surface area contributed by atoms with Crippen LogP contribution in [0.4, 0.5) is 0 Å². The molecular weight excluding hydrogens is 124 g/mol. The maximum absolute atomic E-state index is 5.78. The largest absolute Gasteiger partial charge is 0.375 e. The fourth-order valence-electron chi connectivity index (χ4n) is 1.80. The standard InChI is InChI=1S/C9H16O/c1-2-4-8-10-9(5-3-1)6-7-9/h1-8H2. The third-order valence-corrected chi connectivity index (χ3v) is 2.74. The van der Waals surface area contributed by atoms with Crippen LogP contribution in [0.15, 0.2) is 0 Å². The van der Waals surface area contributed by atoms with Crippen molar-refractivity contribution in [3.63, 3.8) is 0 Å². The fourth-order valence-corrected chi connectivity index (χ4v) is 1.80. The van der Waals surface area contributed by atoms with Gasteiger partial charge in [0.05, 0.1) is 5.60 Å². The van der Waals surface area contributed by atoms with Crippen LogP contribution < -0.4 is 0 Å². The molecule has 0 amide bonds. The van der Waals surface area contributed by atoms with Gasteiger partial charge in [-0.25, -0.2) is 0 Å². The van der Waals surface area contributed by atoms with Gasteiger partial charge in [0.2, 0.25) is 0 Å². The molecule has 1 aliphatic heterocycles. The van der Waals surface area contributed by atoms with Gasteiger partial charge in [-0.2, -0.15) is 0 Å². The first kappa shape index (κ1) is 6.66. The van der Waals surface area contributed by atoms with E-state index in [-0.39, 0.29) is 0 Å². The Balaban J connectivity index is 1.84. The molecule has 0 aromatic heterocycles. The number of hydrogen-bond donors (Lipinski definition) is 0. The van der Waals surface area contributed by atoms with E-state index < -0.39 is 0 Å². The zero-order valence-corrected chi connectivity index (χ0v) is 6.57. The van der Waals surface area contributed by atoms with Crippen molar-refractivity contribution < 1.29 is 4.74 Å². The summed E-state index contributed by atoms with van der Waals surface area (Å²) in [5.74, 6) is 0. The number of ether oxygens (including phenoxy) is 1. The summed E-state index contributed by atoms with van der Waals surface area (Å²) in [6.45, 7) is 1.03. The zero-order chi connectivity index (χ0) is 6.86. The molecule has 0 aromatic carbocycles. The number of rotatable bonds is 0. The van der Waals surface area contributed by atoms with Crippen LogP contribution >= 0.6 is 0 Å². The maximum Gasteiger partial charge on any atom is 0.0684 e. The van der Waals surface area contributed by atoms with Crippen LogP contribution in [-0.2, 0) is 4.74 Å². The summed E-state index contributed by atoms with van der Waals surface area (Å²) in [4.78, 5) is 0. The Labute approximate surface area is 62.8 Å². The molecule has 1 spiro atoms. The molecule has 1 aliphatic carbocycles. The van der Waals surface area contributed by atoms with E-state index >= 15 is 0 Å². The summed E-state index contributed by atoms with van der Waals surface area (Å²) in [6.07, 6.45) is 9.54. The third-order valence-electron chi connectivity index (χ3n) is 2.74. The SMILES string of the molecule is C1CCCC2(CC2)OCC1. The molecule has 2 fully saturated rings. The van der Waals surface area contributed by atoms with Crippen molar-refractivity contribution in [2.75, 3.05) is 6.61 Å². The van der Waals surface area contributed by atoms with Gasteiger partial charge in [0.15, 0.2) is 0 Å². The highest BCUT2D eigenvalue weighted by Gasteiger charge is 2.43. The molecule has 0 radical (unpaired) electrons. The smallest absolute Gasteiger partial charge is 0.0684 e. The van der Waals surface area contributed by atoms with E-state index in [9.17, 15) is 0 Å². The van der Waals surface area contributed by atoms with Crippen molar-refractivity contribution in [2.24, 2.45) is 0 Å². The second kappa shape index (κ2) is 2.54.